The number of aryl methyl sites for hydroxylation is 2. The zero-order valence-electron chi connectivity index (χ0n) is 14.3. The largest absolute Gasteiger partial charge is 0.416 e. The molecule has 1 heterocycles. The standard InChI is InChI=1S/C19H13F3N2O4/c20-19(21,22)13-7-8-14(16(10-13)24(26)27)18(25)15-11-23-28-17(15)9-6-12-4-2-1-3-5-12/h1-5,7-8,10-11H,6,9H2. The smallest absolute Gasteiger partial charge is 0.361 e. The molecule has 0 unspecified atom stereocenters. The van der Waals surface area contributed by atoms with Crippen LogP contribution < -0.4 is 0 Å². The van der Waals surface area contributed by atoms with E-state index < -0.39 is 33.7 Å². The van der Waals surface area contributed by atoms with E-state index in [1.54, 1.807) is 0 Å². The zero-order chi connectivity index (χ0) is 20.3. The van der Waals surface area contributed by atoms with E-state index in [1.807, 2.05) is 30.3 Å². The Labute approximate surface area is 156 Å². The lowest BCUT2D eigenvalue weighted by Gasteiger charge is -2.08. The van der Waals surface area contributed by atoms with E-state index in [2.05, 4.69) is 5.16 Å². The van der Waals surface area contributed by atoms with Crippen molar-refractivity contribution in [2.24, 2.45) is 0 Å². The number of carbonyl (C=O) groups is 1. The molecule has 2 aromatic carbocycles. The van der Waals surface area contributed by atoms with Gasteiger partial charge in [-0.15, -0.1) is 0 Å². The Balaban J connectivity index is 1.91. The second-order valence-electron chi connectivity index (χ2n) is 5.96. The number of hydrogen-bond donors (Lipinski definition) is 0. The summed E-state index contributed by atoms with van der Waals surface area (Å²) in [5.74, 6) is -0.604. The number of halogens is 3. The van der Waals surface area contributed by atoms with Gasteiger partial charge in [-0.25, -0.2) is 0 Å². The molecule has 0 aliphatic carbocycles. The molecular formula is C19H13F3N2O4. The molecule has 3 rings (SSSR count). The molecule has 0 N–H and O–H groups in total. The van der Waals surface area contributed by atoms with Crippen LogP contribution in [0.4, 0.5) is 18.9 Å². The molecular weight excluding hydrogens is 377 g/mol. The maximum absolute atomic E-state index is 12.8. The average Bonchev–Trinajstić information content (AvgIpc) is 3.14. The van der Waals surface area contributed by atoms with Crippen molar-refractivity contribution in [2.45, 2.75) is 19.0 Å². The van der Waals surface area contributed by atoms with Gasteiger partial charge in [-0.2, -0.15) is 13.2 Å². The molecule has 28 heavy (non-hydrogen) atoms. The SMILES string of the molecule is O=C(c1ccc(C(F)(F)F)cc1[N+](=O)[O-])c1cnoc1CCc1ccccc1. The van der Waals surface area contributed by atoms with Crippen LogP contribution >= 0.6 is 0 Å². The van der Waals surface area contributed by atoms with E-state index >= 15 is 0 Å². The average molecular weight is 390 g/mol. The molecule has 0 saturated heterocycles. The summed E-state index contributed by atoms with van der Waals surface area (Å²) in [4.78, 5) is 22.9. The highest BCUT2D eigenvalue weighted by Gasteiger charge is 2.34. The topological polar surface area (TPSA) is 86.2 Å². The maximum atomic E-state index is 12.8. The fourth-order valence-electron chi connectivity index (χ4n) is 2.73. The number of rotatable bonds is 6. The summed E-state index contributed by atoms with van der Waals surface area (Å²) in [6, 6.07) is 11.1. The Bertz CT molecular complexity index is 1010. The number of benzene rings is 2. The second-order valence-corrected chi connectivity index (χ2v) is 5.96. The van der Waals surface area contributed by atoms with Crippen LogP contribution in [0.3, 0.4) is 0 Å². The number of nitro groups is 1. The van der Waals surface area contributed by atoms with E-state index in [9.17, 15) is 28.1 Å². The van der Waals surface area contributed by atoms with Gasteiger partial charge in [-0.1, -0.05) is 35.5 Å². The van der Waals surface area contributed by atoms with Gasteiger partial charge < -0.3 is 4.52 Å². The predicted molar refractivity (Wildman–Crippen MR) is 91.9 cm³/mol. The van der Waals surface area contributed by atoms with Crippen LogP contribution in [0.1, 0.15) is 32.8 Å². The highest BCUT2D eigenvalue weighted by atomic mass is 19.4. The Hall–Kier alpha value is -3.49. The van der Waals surface area contributed by atoms with Crippen LogP contribution in [-0.4, -0.2) is 15.9 Å². The van der Waals surface area contributed by atoms with Gasteiger partial charge in [0.25, 0.3) is 5.69 Å². The lowest BCUT2D eigenvalue weighted by Crippen LogP contribution is -2.11. The van der Waals surface area contributed by atoms with Gasteiger partial charge in [-0.3, -0.25) is 14.9 Å². The molecule has 9 heteroatoms. The summed E-state index contributed by atoms with van der Waals surface area (Å²) >= 11 is 0. The van der Waals surface area contributed by atoms with E-state index in [0.29, 0.717) is 25.0 Å². The van der Waals surface area contributed by atoms with Crippen molar-refractivity contribution < 1.29 is 27.4 Å². The van der Waals surface area contributed by atoms with Gasteiger partial charge in [0, 0.05) is 12.5 Å². The number of carbonyl (C=O) groups excluding carboxylic acids is 1. The van der Waals surface area contributed by atoms with Gasteiger partial charge in [0.05, 0.1) is 22.2 Å². The van der Waals surface area contributed by atoms with Gasteiger partial charge >= 0.3 is 6.18 Å². The first-order valence-corrected chi connectivity index (χ1v) is 8.15. The molecule has 0 amide bonds. The number of nitrogens with zero attached hydrogens (tertiary/aromatic N) is 2. The summed E-state index contributed by atoms with van der Waals surface area (Å²) in [6.07, 6.45) is -2.81. The van der Waals surface area contributed by atoms with Crippen molar-refractivity contribution in [1.82, 2.24) is 5.16 Å². The molecule has 6 nitrogen and oxygen atoms in total. The van der Waals surface area contributed by atoms with Crippen molar-refractivity contribution >= 4 is 11.5 Å². The molecule has 0 bridgehead atoms. The Morgan fingerprint density at radius 1 is 1.07 bits per heavy atom. The molecule has 0 radical (unpaired) electrons. The van der Waals surface area contributed by atoms with Gasteiger partial charge in [0.15, 0.2) is 0 Å². The number of nitro benzene ring substituents is 1. The van der Waals surface area contributed by atoms with Crippen molar-refractivity contribution in [2.75, 3.05) is 0 Å². The Kier molecular flexibility index (Phi) is 5.25. The molecule has 0 saturated carbocycles. The molecule has 0 spiro atoms. The lowest BCUT2D eigenvalue weighted by molar-refractivity contribution is -0.385. The number of hydrogen-bond acceptors (Lipinski definition) is 5. The molecule has 3 aromatic rings. The first-order valence-electron chi connectivity index (χ1n) is 8.15. The number of alkyl halides is 3. The predicted octanol–water partition coefficient (Wildman–Crippen LogP) is 4.62. The Morgan fingerprint density at radius 3 is 2.43 bits per heavy atom. The highest BCUT2D eigenvalue weighted by Crippen LogP contribution is 2.34. The van der Waals surface area contributed by atoms with Gasteiger partial charge in [0.2, 0.25) is 5.78 Å². The van der Waals surface area contributed by atoms with Crippen molar-refractivity contribution in [3.63, 3.8) is 0 Å². The third-order valence-electron chi connectivity index (χ3n) is 4.14. The highest BCUT2D eigenvalue weighted by molar-refractivity contribution is 6.12. The monoisotopic (exact) mass is 390 g/mol. The molecule has 1 aromatic heterocycles. The van der Waals surface area contributed by atoms with E-state index in [0.717, 1.165) is 17.8 Å². The third kappa shape index (κ3) is 4.08. The first-order chi connectivity index (χ1) is 13.3. The maximum Gasteiger partial charge on any atom is 0.416 e. The van der Waals surface area contributed by atoms with Gasteiger partial charge in [0.1, 0.15) is 11.3 Å². The molecule has 0 atom stereocenters. The molecule has 0 fully saturated rings. The summed E-state index contributed by atoms with van der Waals surface area (Å²) in [7, 11) is 0. The van der Waals surface area contributed by atoms with Crippen LogP contribution in [0.2, 0.25) is 0 Å². The first kappa shape index (κ1) is 19.3. The minimum absolute atomic E-state index is 0.0150. The summed E-state index contributed by atoms with van der Waals surface area (Å²) in [5.41, 5.74) is -1.61. The number of ketones is 1. The quantitative estimate of drug-likeness (QED) is 0.348. The van der Waals surface area contributed by atoms with Crippen LogP contribution in [0.25, 0.3) is 0 Å². The van der Waals surface area contributed by atoms with E-state index in [4.69, 9.17) is 4.52 Å². The Morgan fingerprint density at radius 2 is 1.79 bits per heavy atom. The van der Waals surface area contributed by atoms with E-state index in [1.165, 1.54) is 0 Å². The summed E-state index contributed by atoms with van der Waals surface area (Å²) < 4.78 is 43.6. The third-order valence-corrected chi connectivity index (χ3v) is 4.14. The summed E-state index contributed by atoms with van der Waals surface area (Å²) in [5, 5.41) is 14.8. The van der Waals surface area contributed by atoms with Crippen LogP contribution in [0.5, 0.6) is 0 Å². The van der Waals surface area contributed by atoms with Gasteiger partial charge in [-0.05, 0) is 24.1 Å². The van der Waals surface area contributed by atoms with Crippen molar-refractivity contribution in [3.8, 4) is 0 Å². The second kappa shape index (κ2) is 7.63. The lowest BCUT2D eigenvalue weighted by atomic mass is 9.98. The molecule has 0 aliphatic heterocycles. The van der Waals surface area contributed by atoms with E-state index in [-0.39, 0.29) is 11.3 Å². The van der Waals surface area contributed by atoms with Crippen molar-refractivity contribution in [1.29, 1.82) is 0 Å². The minimum Gasteiger partial charge on any atom is -0.361 e. The van der Waals surface area contributed by atoms with Crippen LogP contribution in [0.15, 0.2) is 59.3 Å². The molecule has 144 valence electrons. The summed E-state index contributed by atoms with van der Waals surface area (Å²) in [6.45, 7) is 0. The molecule has 0 aliphatic rings. The van der Waals surface area contributed by atoms with Crippen molar-refractivity contribution in [3.05, 3.63) is 92.9 Å². The van der Waals surface area contributed by atoms with Crippen LogP contribution in [0, 0.1) is 10.1 Å². The normalized spacial score (nSPS) is 11.4. The zero-order valence-corrected chi connectivity index (χ0v) is 14.3. The van der Waals surface area contributed by atoms with Crippen LogP contribution in [-0.2, 0) is 19.0 Å². The minimum atomic E-state index is -4.76. The fraction of sp³-hybridized carbons (Fsp3) is 0.158. The fourth-order valence-corrected chi connectivity index (χ4v) is 2.73. The number of aromatic nitrogens is 1.